The van der Waals surface area contributed by atoms with E-state index in [1.807, 2.05) is 24.3 Å². The SMILES string of the molecule is CCCCCCCc1ccc(Oc2ccccc2S(=O)(=O)[O-])cc1.CCCCCCCc1ccc(Oc2ccccc2S(=O)(=O)[O-])cc1.[Ca+2]. The third kappa shape index (κ3) is 16.0. The van der Waals surface area contributed by atoms with Gasteiger partial charge in [0.1, 0.15) is 43.2 Å². The Balaban J connectivity index is 0.000000333. The number of hydrogen-bond acceptors (Lipinski definition) is 8. The third-order valence-corrected chi connectivity index (χ3v) is 9.43. The molecule has 49 heavy (non-hydrogen) atoms. The fourth-order valence-electron chi connectivity index (χ4n) is 5.05. The number of ether oxygens (including phenoxy) is 2. The molecule has 0 radical (unpaired) electrons. The summed E-state index contributed by atoms with van der Waals surface area (Å²) in [5.74, 6) is 1.14. The Labute approximate surface area is 322 Å². The van der Waals surface area contributed by atoms with E-state index >= 15 is 0 Å². The number of benzene rings is 4. The largest absolute Gasteiger partial charge is 2.00 e. The molecule has 0 N–H and O–H groups in total. The zero-order valence-corrected chi connectivity index (χ0v) is 32.4. The molecule has 0 fully saturated rings. The van der Waals surface area contributed by atoms with Crippen LogP contribution in [0.4, 0.5) is 0 Å². The van der Waals surface area contributed by atoms with Crippen LogP contribution in [0.1, 0.15) is 89.2 Å². The van der Waals surface area contributed by atoms with E-state index in [-0.39, 0.29) is 59.0 Å². The van der Waals surface area contributed by atoms with Gasteiger partial charge in [-0.15, -0.1) is 0 Å². The minimum atomic E-state index is -4.56. The van der Waals surface area contributed by atoms with Crippen molar-refractivity contribution in [3.8, 4) is 23.0 Å². The minimum Gasteiger partial charge on any atom is -0.744 e. The molecule has 4 rings (SSSR count). The molecule has 0 amide bonds. The summed E-state index contributed by atoms with van der Waals surface area (Å²) in [7, 11) is -9.11. The van der Waals surface area contributed by atoms with E-state index in [4.69, 9.17) is 9.47 Å². The monoisotopic (exact) mass is 734 g/mol. The molecule has 0 bridgehead atoms. The summed E-state index contributed by atoms with van der Waals surface area (Å²) in [6, 6.07) is 26.8. The van der Waals surface area contributed by atoms with Crippen LogP contribution < -0.4 is 9.47 Å². The summed E-state index contributed by atoms with van der Waals surface area (Å²) >= 11 is 0. The zero-order chi connectivity index (χ0) is 34.8. The second-order valence-electron chi connectivity index (χ2n) is 11.6. The quantitative estimate of drug-likeness (QED) is 0.0561. The first-order valence-corrected chi connectivity index (χ1v) is 19.5. The van der Waals surface area contributed by atoms with Crippen LogP contribution in [0.2, 0.25) is 0 Å². The van der Waals surface area contributed by atoms with Gasteiger partial charge in [0, 0.05) is 0 Å². The minimum absolute atomic E-state index is 0. The molecule has 0 heterocycles. The van der Waals surface area contributed by atoms with Crippen LogP contribution in [0.5, 0.6) is 23.0 Å². The Hall–Kier alpha value is -2.44. The van der Waals surface area contributed by atoms with Crippen molar-refractivity contribution in [2.75, 3.05) is 0 Å². The van der Waals surface area contributed by atoms with Gasteiger partial charge in [-0.1, -0.05) is 114 Å². The van der Waals surface area contributed by atoms with E-state index in [0.717, 1.165) is 25.7 Å². The maximum absolute atomic E-state index is 11.3. The van der Waals surface area contributed by atoms with Crippen molar-refractivity contribution in [3.63, 3.8) is 0 Å². The Morgan fingerprint density at radius 1 is 0.469 bits per heavy atom. The molecule has 0 aliphatic rings. The summed E-state index contributed by atoms with van der Waals surface area (Å²) in [5, 5.41) is 0. The van der Waals surface area contributed by atoms with Crippen LogP contribution in [0.15, 0.2) is 107 Å². The molecule has 0 atom stereocenters. The maximum Gasteiger partial charge on any atom is 2.00 e. The number of para-hydroxylation sites is 2. The first kappa shape index (κ1) is 42.7. The second-order valence-corrected chi connectivity index (χ2v) is 14.3. The van der Waals surface area contributed by atoms with E-state index in [0.29, 0.717) is 11.5 Å². The van der Waals surface area contributed by atoms with Crippen molar-refractivity contribution in [3.05, 3.63) is 108 Å². The maximum atomic E-state index is 11.3. The first-order chi connectivity index (χ1) is 23.0. The smallest absolute Gasteiger partial charge is 0.744 e. The molecular formula is C38H46CaO8S2. The van der Waals surface area contributed by atoms with Gasteiger partial charge in [0.2, 0.25) is 0 Å². The number of unbranched alkanes of at least 4 members (excludes halogenated alkanes) is 8. The van der Waals surface area contributed by atoms with Crippen molar-refractivity contribution >= 4 is 58.0 Å². The van der Waals surface area contributed by atoms with Crippen molar-refractivity contribution in [1.29, 1.82) is 0 Å². The molecule has 11 heteroatoms. The van der Waals surface area contributed by atoms with Crippen LogP contribution >= 0.6 is 0 Å². The molecule has 0 aliphatic heterocycles. The number of aryl methyl sites for hydroxylation is 2. The fourth-order valence-corrected chi connectivity index (χ4v) is 6.25. The Morgan fingerprint density at radius 2 is 0.796 bits per heavy atom. The number of rotatable bonds is 18. The van der Waals surface area contributed by atoms with Crippen molar-refractivity contribution in [2.24, 2.45) is 0 Å². The Morgan fingerprint density at radius 3 is 1.12 bits per heavy atom. The van der Waals surface area contributed by atoms with Gasteiger partial charge < -0.3 is 18.6 Å². The molecule has 4 aromatic rings. The van der Waals surface area contributed by atoms with Crippen molar-refractivity contribution < 1.29 is 35.4 Å². The molecular weight excluding hydrogens is 689 g/mol. The van der Waals surface area contributed by atoms with Crippen LogP contribution in [0.25, 0.3) is 0 Å². The van der Waals surface area contributed by atoms with Gasteiger partial charge in [-0.25, -0.2) is 16.8 Å². The summed E-state index contributed by atoms with van der Waals surface area (Å²) in [4.78, 5) is -0.685. The van der Waals surface area contributed by atoms with Gasteiger partial charge >= 0.3 is 37.7 Å². The van der Waals surface area contributed by atoms with Crippen LogP contribution in [-0.2, 0) is 33.1 Å². The molecule has 0 aromatic heterocycles. The summed E-state index contributed by atoms with van der Waals surface area (Å²) in [6.45, 7) is 4.41. The Bertz CT molecular complexity index is 1610. The number of hydrogen-bond donors (Lipinski definition) is 0. The Kier molecular flexibility index (Phi) is 19.5. The average molecular weight is 735 g/mol. The predicted molar refractivity (Wildman–Crippen MR) is 193 cm³/mol. The van der Waals surface area contributed by atoms with Gasteiger partial charge in [0.15, 0.2) is 0 Å². The van der Waals surface area contributed by atoms with Gasteiger partial charge in [-0.3, -0.25) is 0 Å². The molecule has 0 saturated heterocycles. The first-order valence-electron chi connectivity index (χ1n) is 16.6. The van der Waals surface area contributed by atoms with E-state index in [2.05, 4.69) is 13.8 Å². The van der Waals surface area contributed by atoms with Gasteiger partial charge in [0.05, 0.1) is 9.79 Å². The van der Waals surface area contributed by atoms with Crippen molar-refractivity contribution in [2.45, 2.75) is 101 Å². The van der Waals surface area contributed by atoms with E-state index < -0.39 is 20.2 Å². The third-order valence-electron chi connectivity index (χ3n) is 7.68. The summed E-state index contributed by atoms with van der Waals surface area (Å²) in [5.41, 5.74) is 2.45. The normalized spacial score (nSPS) is 11.2. The van der Waals surface area contributed by atoms with Gasteiger partial charge in [-0.05, 0) is 85.3 Å². The van der Waals surface area contributed by atoms with Gasteiger partial charge in [-0.2, -0.15) is 0 Å². The molecule has 0 aliphatic carbocycles. The summed E-state index contributed by atoms with van der Waals surface area (Å²) in [6.07, 6.45) is 14.5. The molecule has 0 saturated carbocycles. The van der Waals surface area contributed by atoms with Gasteiger partial charge in [0.25, 0.3) is 0 Å². The standard InChI is InChI=1S/2C19H24O4S.Ca/c2*1-2-3-4-5-6-9-16-12-14-17(15-13-16)23-18-10-7-8-11-19(18)24(20,21)22;/h2*7-8,10-15H,2-6,9H2,1H3,(H,20,21,22);/q;;+2/p-2. The zero-order valence-electron chi connectivity index (χ0n) is 28.5. The van der Waals surface area contributed by atoms with Crippen LogP contribution in [-0.4, -0.2) is 63.7 Å². The summed E-state index contributed by atoms with van der Waals surface area (Å²) < 4.78 is 78.7. The van der Waals surface area contributed by atoms with Crippen LogP contribution in [0.3, 0.4) is 0 Å². The molecule has 0 unspecified atom stereocenters. The van der Waals surface area contributed by atoms with Crippen LogP contribution in [0, 0.1) is 0 Å². The van der Waals surface area contributed by atoms with E-state index in [1.165, 1.54) is 98.9 Å². The fraction of sp³-hybridized carbons (Fsp3) is 0.368. The molecule has 0 spiro atoms. The van der Waals surface area contributed by atoms with E-state index in [1.54, 1.807) is 36.4 Å². The topological polar surface area (TPSA) is 133 Å². The molecule has 260 valence electrons. The van der Waals surface area contributed by atoms with Crippen molar-refractivity contribution in [1.82, 2.24) is 0 Å². The molecule has 8 nitrogen and oxygen atoms in total. The molecule has 4 aromatic carbocycles. The predicted octanol–water partition coefficient (Wildman–Crippen LogP) is 9.41. The second kappa shape index (κ2) is 22.4. The van der Waals surface area contributed by atoms with E-state index in [9.17, 15) is 25.9 Å². The average Bonchev–Trinajstić information content (AvgIpc) is 3.06.